The summed E-state index contributed by atoms with van der Waals surface area (Å²) < 4.78 is 0. The first-order valence-corrected chi connectivity index (χ1v) is 11.8. The first kappa shape index (κ1) is 27.8. The number of benzene rings is 1. The number of carbonyl (C=O) groups is 4. The highest BCUT2D eigenvalue weighted by Gasteiger charge is 2.31. The molecule has 2 aromatic rings. The first-order chi connectivity index (χ1) is 16.4. The van der Waals surface area contributed by atoms with Gasteiger partial charge in [0.15, 0.2) is 0 Å². The third kappa shape index (κ3) is 7.81. The van der Waals surface area contributed by atoms with Crippen molar-refractivity contribution in [2.24, 2.45) is 17.6 Å². The molecule has 1 aromatic carbocycles. The highest BCUT2D eigenvalue weighted by molar-refractivity contribution is 5.94. The Bertz CT molecular complexity index is 1050. The minimum Gasteiger partial charge on any atom is -0.480 e. The number of H-pyrrole nitrogens is 1. The second-order valence-electron chi connectivity index (χ2n) is 9.65. The number of amides is 3. The van der Waals surface area contributed by atoms with Gasteiger partial charge in [0.2, 0.25) is 17.7 Å². The smallest absolute Gasteiger partial charge is 0.325 e. The Morgan fingerprint density at radius 3 is 2.11 bits per heavy atom. The Balaban J connectivity index is 2.29. The van der Waals surface area contributed by atoms with Gasteiger partial charge in [-0.1, -0.05) is 45.9 Å². The van der Waals surface area contributed by atoms with Crippen molar-refractivity contribution in [3.8, 4) is 0 Å². The lowest BCUT2D eigenvalue weighted by molar-refractivity contribution is -0.141. The standard InChI is InChI=1S/C25H37N5O5/c1-13(2)10-19(30-24(33)21(26)14(3)4)23(32)29-20(22(31)28-15(5)25(34)35)11-16-12-27-18-9-7-6-8-17(16)18/h6-9,12-15,19-21,27H,10-11,26H2,1-5H3,(H,28,31)(H,29,32)(H,30,33)(H,34,35). The zero-order chi connectivity index (χ0) is 26.3. The molecule has 10 nitrogen and oxygen atoms in total. The fraction of sp³-hybridized carbons (Fsp3) is 0.520. The van der Waals surface area contributed by atoms with Crippen LogP contribution in [0.4, 0.5) is 0 Å². The third-order valence-electron chi connectivity index (χ3n) is 5.82. The molecule has 7 N–H and O–H groups in total. The van der Waals surface area contributed by atoms with Crippen LogP contribution in [-0.4, -0.2) is 57.9 Å². The second-order valence-corrected chi connectivity index (χ2v) is 9.65. The Labute approximate surface area is 205 Å². The summed E-state index contributed by atoms with van der Waals surface area (Å²) in [7, 11) is 0. The Kier molecular flexibility index (Phi) is 9.82. The molecule has 1 heterocycles. The van der Waals surface area contributed by atoms with Crippen LogP contribution in [0.15, 0.2) is 30.5 Å². The lowest BCUT2D eigenvalue weighted by Gasteiger charge is -2.26. The maximum Gasteiger partial charge on any atom is 0.325 e. The van der Waals surface area contributed by atoms with Crippen LogP contribution in [0.5, 0.6) is 0 Å². The largest absolute Gasteiger partial charge is 0.480 e. The van der Waals surface area contributed by atoms with E-state index < -0.39 is 47.9 Å². The molecule has 192 valence electrons. The number of rotatable bonds is 12. The summed E-state index contributed by atoms with van der Waals surface area (Å²) in [4.78, 5) is 53.2. The van der Waals surface area contributed by atoms with Crippen molar-refractivity contribution in [2.75, 3.05) is 0 Å². The topological polar surface area (TPSA) is 166 Å². The molecule has 3 amide bonds. The van der Waals surface area contributed by atoms with E-state index in [9.17, 15) is 24.3 Å². The van der Waals surface area contributed by atoms with Crippen LogP contribution in [0.25, 0.3) is 10.9 Å². The molecule has 0 fully saturated rings. The number of carboxylic acids is 1. The van der Waals surface area contributed by atoms with Gasteiger partial charge in [0.1, 0.15) is 18.1 Å². The highest BCUT2D eigenvalue weighted by atomic mass is 16.4. The first-order valence-electron chi connectivity index (χ1n) is 11.8. The zero-order valence-corrected chi connectivity index (χ0v) is 20.9. The van der Waals surface area contributed by atoms with E-state index in [1.165, 1.54) is 6.92 Å². The summed E-state index contributed by atoms with van der Waals surface area (Å²) in [6, 6.07) is 3.66. The average molecular weight is 488 g/mol. The van der Waals surface area contributed by atoms with Gasteiger partial charge in [-0.05, 0) is 36.8 Å². The number of aromatic amines is 1. The van der Waals surface area contributed by atoms with Gasteiger partial charge in [0.05, 0.1) is 6.04 Å². The normalized spacial score (nSPS) is 14.9. The van der Waals surface area contributed by atoms with Crippen molar-refractivity contribution in [3.63, 3.8) is 0 Å². The maximum absolute atomic E-state index is 13.3. The number of aromatic nitrogens is 1. The molecule has 4 unspecified atom stereocenters. The Morgan fingerprint density at radius 1 is 0.914 bits per heavy atom. The van der Waals surface area contributed by atoms with Gasteiger partial charge in [0, 0.05) is 23.5 Å². The van der Waals surface area contributed by atoms with Gasteiger partial charge in [-0.2, -0.15) is 0 Å². The molecule has 0 saturated carbocycles. The molecule has 0 saturated heterocycles. The zero-order valence-electron chi connectivity index (χ0n) is 20.9. The van der Waals surface area contributed by atoms with Crippen LogP contribution in [0.2, 0.25) is 0 Å². The lowest BCUT2D eigenvalue weighted by Crippen LogP contribution is -2.58. The van der Waals surface area contributed by atoms with Crippen LogP contribution in [0.3, 0.4) is 0 Å². The summed E-state index contributed by atoms with van der Waals surface area (Å²) in [6.45, 7) is 8.80. The monoisotopic (exact) mass is 487 g/mol. The van der Waals surface area contributed by atoms with Crippen molar-refractivity contribution < 1.29 is 24.3 Å². The van der Waals surface area contributed by atoms with Crippen LogP contribution in [0, 0.1) is 11.8 Å². The fourth-order valence-corrected chi connectivity index (χ4v) is 3.65. The summed E-state index contributed by atoms with van der Waals surface area (Å²) in [5.41, 5.74) is 7.61. The summed E-state index contributed by atoms with van der Waals surface area (Å²) in [5.74, 6) is -2.84. The van der Waals surface area contributed by atoms with Crippen molar-refractivity contribution >= 4 is 34.6 Å². The average Bonchev–Trinajstić information content (AvgIpc) is 3.19. The molecular weight excluding hydrogens is 450 g/mol. The van der Waals surface area contributed by atoms with Crippen molar-refractivity contribution in [3.05, 3.63) is 36.0 Å². The quantitative estimate of drug-likeness (QED) is 0.264. The molecule has 1 aromatic heterocycles. The van der Waals surface area contributed by atoms with Gasteiger partial charge in [-0.15, -0.1) is 0 Å². The van der Waals surface area contributed by atoms with E-state index in [0.29, 0.717) is 6.42 Å². The molecule has 0 aliphatic heterocycles. The van der Waals surface area contributed by atoms with Gasteiger partial charge in [-0.3, -0.25) is 19.2 Å². The van der Waals surface area contributed by atoms with Crippen LogP contribution in [0.1, 0.15) is 46.6 Å². The van der Waals surface area contributed by atoms with E-state index in [1.807, 2.05) is 52.0 Å². The number of para-hydroxylation sites is 1. The van der Waals surface area contributed by atoms with Crippen molar-refractivity contribution in [1.29, 1.82) is 0 Å². The van der Waals surface area contributed by atoms with E-state index in [4.69, 9.17) is 5.73 Å². The molecule has 0 bridgehead atoms. The molecule has 0 radical (unpaired) electrons. The van der Waals surface area contributed by atoms with Crippen LogP contribution in [-0.2, 0) is 25.6 Å². The minimum atomic E-state index is -1.19. The molecule has 4 atom stereocenters. The molecule has 35 heavy (non-hydrogen) atoms. The van der Waals surface area contributed by atoms with Crippen molar-refractivity contribution in [2.45, 2.75) is 71.6 Å². The van der Waals surface area contributed by atoms with E-state index in [2.05, 4.69) is 20.9 Å². The van der Waals surface area contributed by atoms with E-state index in [-0.39, 0.29) is 18.3 Å². The number of carbonyl (C=O) groups excluding carboxylic acids is 3. The SMILES string of the molecule is CC(C)CC(NC(=O)C(N)C(C)C)C(=O)NC(Cc1c[nH]c2ccccc12)C(=O)NC(C)C(=O)O. The molecule has 10 heteroatoms. The maximum atomic E-state index is 13.3. The molecule has 0 aliphatic rings. The predicted molar refractivity (Wildman–Crippen MR) is 133 cm³/mol. The van der Waals surface area contributed by atoms with E-state index in [1.54, 1.807) is 6.20 Å². The number of nitrogens with one attached hydrogen (secondary N) is 4. The van der Waals surface area contributed by atoms with Crippen LogP contribution >= 0.6 is 0 Å². The Morgan fingerprint density at radius 2 is 1.51 bits per heavy atom. The van der Waals surface area contributed by atoms with Gasteiger partial charge in [-0.25, -0.2) is 0 Å². The van der Waals surface area contributed by atoms with Crippen LogP contribution < -0.4 is 21.7 Å². The number of nitrogens with two attached hydrogens (primary N) is 1. The molecular formula is C25H37N5O5. The molecule has 0 spiro atoms. The van der Waals surface area contributed by atoms with Gasteiger partial charge < -0.3 is 31.8 Å². The number of carboxylic acid groups (broad SMARTS) is 1. The van der Waals surface area contributed by atoms with Gasteiger partial charge in [0.25, 0.3) is 0 Å². The molecule has 2 rings (SSSR count). The van der Waals surface area contributed by atoms with E-state index >= 15 is 0 Å². The summed E-state index contributed by atoms with van der Waals surface area (Å²) >= 11 is 0. The summed E-state index contributed by atoms with van der Waals surface area (Å²) in [5, 5.41) is 18.0. The number of aliphatic carboxylic acids is 1. The van der Waals surface area contributed by atoms with Gasteiger partial charge >= 0.3 is 5.97 Å². The number of hydrogen-bond acceptors (Lipinski definition) is 5. The van der Waals surface area contributed by atoms with E-state index in [0.717, 1.165) is 16.5 Å². The number of hydrogen-bond donors (Lipinski definition) is 6. The fourth-order valence-electron chi connectivity index (χ4n) is 3.65. The molecule has 0 aliphatic carbocycles. The predicted octanol–water partition coefficient (Wildman–Crippen LogP) is 1.30. The van der Waals surface area contributed by atoms with Crippen molar-refractivity contribution in [1.82, 2.24) is 20.9 Å². The summed E-state index contributed by atoms with van der Waals surface area (Å²) in [6.07, 6.45) is 2.23. The minimum absolute atomic E-state index is 0.0780. The third-order valence-corrected chi connectivity index (χ3v) is 5.82. The lowest BCUT2D eigenvalue weighted by atomic mass is 9.99. The highest BCUT2D eigenvalue weighted by Crippen LogP contribution is 2.19. The Hall–Kier alpha value is -3.40. The number of fused-ring (bicyclic) bond motifs is 1. The second kappa shape index (κ2) is 12.3.